The molecule has 0 amide bonds. The van der Waals surface area contributed by atoms with Crippen LogP contribution in [0.25, 0.3) is 0 Å². The van der Waals surface area contributed by atoms with Crippen LogP contribution in [0.3, 0.4) is 0 Å². The van der Waals surface area contributed by atoms with Gasteiger partial charge in [-0.15, -0.1) is 11.3 Å². The summed E-state index contributed by atoms with van der Waals surface area (Å²) < 4.78 is 12.2. The maximum Gasteiger partial charge on any atom is 0.208 e. The Balaban J connectivity index is 1.85. The number of ether oxygens (including phenoxy) is 2. The van der Waals surface area contributed by atoms with Crippen molar-refractivity contribution in [2.75, 3.05) is 6.61 Å². The molecule has 1 aromatic carbocycles. The highest BCUT2D eigenvalue weighted by Gasteiger charge is 2.29. The third-order valence-electron chi connectivity index (χ3n) is 2.95. The molecule has 1 aliphatic rings. The number of rotatable bonds is 2. The largest absolute Gasteiger partial charge is 0.485 e. The van der Waals surface area contributed by atoms with Gasteiger partial charge in [-0.05, 0) is 41.1 Å². The molecule has 1 unspecified atom stereocenters. The minimum Gasteiger partial charge on any atom is -0.485 e. The Kier molecular flexibility index (Phi) is 3.33. The van der Waals surface area contributed by atoms with E-state index in [1.165, 1.54) is 0 Å². The lowest BCUT2D eigenvalue weighted by Gasteiger charge is -2.25. The summed E-state index contributed by atoms with van der Waals surface area (Å²) in [4.78, 5) is 13.4. The summed E-state index contributed by atoms with van der Waals surface area (Å²) in [6, 6.07) is 9.23. The quantitative estimate of drug-likeness (QED) is 0.780. The zero-order valence-electron chi connectivity index (χ0n) is 10.2. The predicted octanol–water partition coefficient (Wildman–Crippen LogP) is 3.84. The number of hydrogen-bond acceptors (Lipinski definition) is 4. The van der Waals surface area contributed by atoms with Crippen molar-refractivity contribution in [2.24, 2.45) is 0 Å². The third kappa shape index (κ3) is 2.40. The Morgan fingerprint density at radius 2 is 2.11 bits per heavy atom. The second kappa shape index (κ2) is 4.98. The Labute approximate surface area is 123 Å². The average molecular weight is 339 g/mol. The molecular weight excluding hydrogens is 328 g/mol. The molecule has 0 saturated carbocycles. The SMILES string of the molecule is Cc1sc(Br)cc1C(=O)C1COc2ccccc2O1. The molecule has 98 valence electrons. The number of Topliss-reactive ketones (excluding diaryl/α,β-unsaturated/α-hetero) is 1. The van der Waals surface area contributed by atoms with Crippen molar-refractivity contribution in [1.29, 1.82) is 0 Å². The highest BCUT2D eigenvalue weighted by Crippen LogP contribution is 2.33. The predicted molar refractivity (Wildman–Crippen MR) is 77.4 cm³/mol. The smallest absolute Gasteiger partial charge is 0.208 e. The lowest BCUT2D eigenvalue weighted by Crippen LogP contribution is -2.36. The number of aryl methyl sites for hydroxylation is 1. The molecule has 1 atom stereocenters. The molecule has 0 saturated heterocycles. The first kappa shape index (κ1) is 12.7. The van der Waals surface area contributed by atoms with Crippen molar-refractivity contribution in [3.63, 3.8) is 0 Å². The zero-order chi connectivity index (χ0) is 13.4. The van der Waals surface area contributed by atoms with Crippen LogP contribution in [-0.2, 0) is 0 Å². The molecule has 0 radical (unpaired) electrons. The van der Waals surface area contributed by atoms with Crippen LogP contribution in [-0.4, -0.2) is 18.5 Å². The van der Waals surface area contributed by atoms with Gasteiger partial charge in [-0.25, -0.2) is 0 Å². The van der Waals surface area contributed by atoms with E-state index < -0.39 is 6.10 Å². The van der Waals surface area contributed by atoms with E-state index in [9.17, 15) is 4.79 Å². The van der Waals surface area contributed by atoms with Gasteiger partial charge in [0.15, 0.2) is 17.6 Å². The Hall–Kier alpha value is -1.33. The summed E-state index contributed by atoms with van der Waals surface area (Å²) in [5, 5.41) is 0. The number of carbonyl (C=O) groups is 1. The number of benzene rings is 1. The fourth-order valence-electron chi connectivity index (χ4n) is 2.01. The van der Waals surface area contributed by atoms with Gasteiger partial charge in [-0.1, -0.05) is 12.1 Å². The van der Waals surface area contributed by atoms with Crippen molar-refractivity contribution in [3.05, 3.63) is 44.6 Å². The van der Waals surface area contributed by atoms with Crippen molar-refractivity contribution in [3.8, 4) is 11.5 Å². The van der Waals surface area contributed by atoms with Gasteiger partial charge in [0.1, 0.15) is 6.61 Å². The molecule has 0 N–H and O–H groups in total. The number of thiophene rings is 1. The van der Waals surface area contributed by atoms with Gasteiger partial charge in [-0.3, -0.25) is 4.79 Å². The van der Waals surface area contributed by atoms with E-state index in [0.717, 1.165) is 8.66 Å². The van der Waals surface area contributed by atoms with Gasteiger partial charge < -0.3 is 9.47 Å². The Bertz CT molecular complexity index is 635. The summed E-state index contributed by atoms with van der Waals surface area (Å²) in [5.74, 6) is 1.28. The summed E-state index contributed by atoms with van der Waals surface area (Å²) in [6.45, 7) is 2.18. The summed E-state index contributed by atoms with van der Waals surface area (Å²) in [5.41, 5.74) is 0.699. The summed E-state index contributed by atoms with van der Waals surface area (Å²) in [7, 11) is 0. The highest BCUT2D eigenvalue weighted by molar-refractivity contribution is 9.11. The number of carbonyl (C=O) groups excluding carboxylic acids is 1. The van der Waals surface area contributed by atoms with Crippen molar-refractivity contribution in [1.82, 2.24) is 0 Å². The van der Waals surface area contributed by atoms with Crippen molar-refractivity contribution in [2.45, 2.75) is 13.0 Å². The van der Waals surface area contributed by atoms with Crippen LogP contribution in [0.1, 0.15) is 15.2 Å². The molecule has 1 aromatic heterocycles. The van der Waals surface area contributed by atoms with Crippen LogP contribution in [0.15, 0.2) is 34.1 Å². The number of fused-ring (bicyclic) bond motifs is 1. The molecule has 2 aromatic rings. The number of halogens is 1. The van der Waals surface area contributed by atoms with Crippen molar-refractivity contribution < 1.29 is 14.3 Å². The molecule has 5 heteroatoms. The van der Waals surface area contributed by atoms with Gasteiger partial charge in [0.05, 0.1) is 3.79 Å². The monoisotopic (exact) mass is 338 g/mol. The molecular formula is C14H11BrO3S. The zero-order valence-corrected chi connectivity index (χ0v) is 12.6. The maximum absolute atomic E-state index is 12.4. The van der Waals surface area contributed by atoms with E-state index in [0.29, 0.717) is 17.1 Å². The number of hydrogen-bond donors (Lipinski definition) is 0. The second-order valence-corrected chi connectivity index (χ2v) is 6.88. The van der Waals surface area contributed by atoms with Crippen LogP contribution >= 0.6 is 27.3 Å². The van der Waals surface area contributed by atoms with Crippen LogP contribution in [0.2, 0.25) is 0 Å². The van der Waals surface area contributed by atoms with Gasteiger partial charge in [0, 0.05) is 10.4 Å². The van der Waals surface area contributed by atoms with Crippen LogP contribution < -0.4 is 9.47 Å². The fourth-order valence-corrected chi connectivity index (χ4v) is 3.71. The number of para-hydroxylation sites is 2. The van der Waals surface area contributed by atoms with E-state index in [2.05, 4.69) is 15.9 Å². The van der Waals surface area contributed by atoms with Crippen LogP contribution in [0, 0.1) is 6.92 Å². The Morgan fingerprint density at radius 1 is 1.37 bits per heavy atom. The summed E-state index contributed by atoms with van der Waals surface area (Å²) >= 11 is 4.94. The average Bonchev–Trinajstić information content (AvgIpc) is 2.76. The van der Waals surface area contributed by atoms with Crippen LogP contribution in [0.4, 0.5) is 0 Å². The minimum absolute atomic E-state index is 0.0334. The molecule has 0 bridgehead atoms. The minimum atomic E-state index is -0.574. The third-order valence-corrected chi connectivity index (χ3v) is 4.51. The first-order valence-electron chi connectivity index (χ1n) is 5.84. The van der Waals surface area contributed by atoms with E-state index in [1.54, 1.807) is 11.3 Å². The molecule has 2 heterocycles. The lowest BCUT2D eigenvalue weighted by molar-refractivity contribution is 0.0586. The molecule has 0 aliphatic carbocycles. The van der Waals surface area contributed by atoms with E-state index in [1.807, 2.05) is 37.3 Å². The van der Waals surface area contributed by atoms with Gasteiger partial charge in [0.25, 0.3) is 0 Å². The van der Waals surface area contributed by atoms with Gasteiger partial charge in [-0.2, -0.15) is 0 Å². The number of ketones is 1. The molecule has 3 nitrogen and oxygen atoms in total. The first-order valence-corrected chi connectivity index (χ1v) is 7.45. The maximum atomic E-state index is 12.4. The molecule has 0 fully saturated rings. The molecule has 0 spiro atoms. The van der Waals surface area contributed by atoms with Gasteiger partial charge >= 0.3 is 0 Å². The van der Waals surface area contributed by atoms with E-state index >= 15 is 0 Å². The Morgan fingerprint density at radius 3 is 2.79 bits per heavy atom. The summed E-state index contributed by atoms with van der Waals surface area (Å²) in [6.07, 6.45) is -0.574. The highest BCUT2D eigenvalue weighted by atomic mass is 79.9. The van der Waals surface area contributed by atoms with Gasteiger partial charge in [0.2, 0.25) is 5.78 Å². The molecule has 3 rings (SSSR count). The molecule has 19 heavy (non-hydrogen) atoms. The topological polar surface area (TPSA) is 35.5 Å². The van der Waals surface area contributed by atoms with E-state index in [-0.39, 0.29) is 12.4 Å². The second-order valence-electron chi connectivity index (χ2n) is 4.25. The lowest BCUT2D eigenvalue weighted by atomic mass is 10.1. The van der Waals surface area contributed by atoms with Crippen molar-refractivity contribution >= 4 is 33.0 Å². The van der Waals surface area contributed by atoms with E-state index in [4.69, 9.17) is 9.47 Å². The fraction of sp³-hybridized carbons (Fsp3) is 0.214. The molecule has 1 aliphatic heterocycles. The standard InChI is InChI=1S/C14H11BrO3S/c1-8-9(6-13(15)19-8)14(16)12-7-17-10-4-2-3-5-11(10)18-12/h2-6,12H,7H2,1H3. The normalized spacial score (nSPS) is 17.3. The van der Waals surface area contributed by atoms with Crippen LogP contribution in [0.5, 0.6) is 11.5 Å². The first-order chi connectivity index (χ1) is 9.15.